The number of nitrogen functional groups attached to an aromatic ring is 1. The summed E-state index contributed by atoms with van der Waals surface area (Å²) in [5.41, 5.74) is 5.50. The molecule has 1 aliphatic rings. The monoisotopic (exact) mass is 287 g/mol. The number of anilines is 1. The second kappa shape index (κ2) is 5.83. The zero-order valence-electron chi connectivity index (χ0n) is 11.8. The zero-order valence-corrected chi connectivity index (χ0v) is 11.8. The molecule has 0 radical (unpaired) electrons. The second-order valence-corrected chi connectivity index (χ2v) is 5.33. The van der Waals surface area contributed by atoms with Crippen molar-refractivity contribution in [3.05, 3.63) is 29.8 Å². The smallest absolute Gasteiger partial charge is 0.338 e. The summed E-state index contributed by atoms with van der Waals surface area (Å²) in [4.78, 5) is 23.5. The van der Waals surface area contributed by atoms with Crippen molar-refractivity contribution in [2.24, 2.45) is 5.92 Å². The molecule has 0 saturated heterocycles. The van der Waals surface area contributed by atoms with E-state index in [4.69, 9.17) is 15.7 Å². The minimum atomic E-state index is -0.884. The van der Waals surface area contributed by atoms with Gasteiger partial charge in [0.1, 0.15) is 5.54 Å². The maximum absolute atomic E-state index is 11.8. The van der Waals surface area contributed by atoms with Crippen LogP contribution >= 0.6 is 0 Å². The molecular formula is C15H17N3O3. The quantitative estimate of drug-likeness (QED) is 0.626. The third-order valence-corrected chi connectivity index (χ3v) is 3.51. The molecule has 1 atom stereocenters. The van der Waals surface area contributed by atoms with Gasteiger partial charge in [0.15, 0.2) is 6.61 Å². The van der Waals surface area contributed by atoms with Crippen LogP contribution in [0.1, 0.15) is 30.1 Å². The summed E-state index contributed by atoms with van der Waals surface area (Å²) in [5, 5.41) is 11.8. The van der Waals surface area contributed by atoms with Crippen molar-refractivity contribution in [1.29, 1.82) is 5.26 Å². The van der Waals surface area contributed by atoms with Crippen LogP contribution in [0.2, 0.25) is 0 Å². The molecular weight excluding hydrogens is 270 g/mol. The van der Waals surface area contributed by atoms with Crippen LogP contribution in [0.5, 0.6) is 0 Å². The van der Waals surface area contributed by atoms with Crippen molar-refractivity contribution >= 4 is 17.6 Å². The molecule has 0 unspecified atom stereocenters. The summed E-state index contributed by atoms with van der Waals surface area (Å²) in [6.45, 7) is 1.28. The molecule has 0 aromatic heterocycles. The van der Waals surface area contributed by atoms with Crippen molar-refractivity contribution in [3.63, 3.8) is 0 Å². The lowest BCUT2D eigenvalue weighted by molar-refractivity contribution is -0.125. The Bertz CT molecular complexity index is 587. The van der Waals surface area contributed by atoms with Crippen LogP contribution < -0.4 is 11.1 Å². The zero-order chi connectivity index (χ0) is 15.5. The van der Waals surface area contributed by atoms with Crippen LogP contribution in [0.4, 0.5) is 5.69 Å². The highest BCUT2D eigenvalue weighted by Crippen LogP contribution is 2.39. The summed E-state index contributed by atoms with van der Waals surface area (Å²) in [6.07, 6.45) is 1.85. The summed E-state index contributed by atoms with van der Waals surface area (Å²) >= 11 is 0. The molecule has 1 amide bonds. The molecule has 6 nitrogen and oxygen atoms in total. The first-order valence-electron chi connectivity index (χ1n) is 6.69. The van der Waals surface area contributed by atoms with Gasteiger partial charge in [-0.15, -0.1) is 0 Å². The van der Waals surface area contributed by atoms with E-state index >= 15 is 0 Å². The van der Waals surface area contributed by atoms with E-state index in [2.05, 4.69) is 11.4 Å². The lowest BCUT2D eigenvalue weighted by atomic mass is 9.98. The molecule has 1 aliphatic carbocycles. The average Bonchev–Trinajstić information content (AvgIpc) is 3.30. The lowest BCUT2D eigenvalue weighted by Crippen LogP contribution is -2.48. The van der Waals surface area contributed by atoms with Gasteiger partial charge in [-0.05, 0) is 49.9 Å². The number of nitrogens with two attached hydrogens (primary N) is 1. The van der Waals surface area contributed by atoms with E-state index in [0.717, 1.165) is 12.8 Å². The number of hydrogen-bond acceptors (Lipinski definition) is 5. The van der Waals surface area contributed by atoms with Crippen LogP contribution in [0.3, 0.4) is 0 Å². The highest BCUT2D eigenvalue weighted by atomic mass is 16.5. The molecule has 21 heavy (non-hydrogen) atoms. The summed E-state index contributed by atoms with van der Waals surface area (Å²) in [7, 11) is 0. The predicted octanol–water partition coefficient (Wildman–Crippen LogP) is 1.23. The first-order valence-corrected chi connectivity index (χ1v) is 6.69. The molecule has 0 bridgehead atoms. The van der Waals surface area contributed by atoms with Gasteiger partial charge >= 0.3 is 5.97 Å². The third kappa shape index (κ3) is 3.72. The van der Waals surface area contributed by atoms with Gasteiger partial charge in [0.25, 0.3) is 5.91 Å². The maximum Gasteiger partial charge on any atom is 0.338 e. The van der Waals surface area contributed by atoms with Gasteiger partial charge in [0.2, 0.25) is 0 Å². The first-order chi connectivity index (χ1) is 9.94. The van der Waals surface area contributed by atoms with Crippen LogP contribution in [0, 0.1) is 17.2 Å². The SMILES string of the molecule is C[C@@](C#N)(NC(=O)COC(=O)c1ccc(N)cc1)C1CC1. The Kier molecular flexibility index (Phi) is 4.13. The number of ether oxygens (including phenoxy) is 1. The number of nitrogens with zero attached hydrogens (tertiary/aromatic N) is 1. The van der Waals surface area contributed by atoms with E-state index in [9.17, 15) is 9.59 Å². The van der Waals surface area contributed by atoms with Crippen molar-refractivity contribution in [2.75, 3.05) is 12.3 Å². The molecule has 6 heteroatoms. The van der Waals surface area contributed by atoms with E-state index in [1.807, 2.05) is 0 Å². The van der Waals surface area contributed by atoms with Gasteiger partial charge in [0, 0.05) is 5.69 Å². The van der Waals surface area contributed by atoms with Gasteiger partial charge < -0.3 is 15.8 Å². The van der Waals surface area contributed by atoms with Gasteiger partial charge in [-0.2, -0.15) is 5.26 Å². The normalized spacial score (nSPS) is 16.4. The summed E-state index contributed by atoms with van der Waals surface area (Å²) in [6, 6.07) is 8.32. The fourth-order valence-corrected chi connectivity index (χ4v) is 2.04. The molecule has 2 rings (SSSR count). The predicted molar refractivity (Wildman–Crippen MR) is 76.0 cm³/mol. The second-order valence-electron chi connectivity index (χ2n) is 5.33. The first kappa shape index (κ1) is 14.9. The van der Waals surface area contributed by atoms with E-state index in [1.54, 1.807) is 19.1 Å². The highest BCUT2D eigenvalue weighted by molar-refractivity contribution is 5.91. The molecule has 0 heterocycles. The molecule has 1 fully saturated rings. The van der Waals surface area contributed by atoms with E-state index < -0.39 is 24.0 Å². The Hall–Kier alpha value is -2.55. The number of amides is 1. The average molecular weight is 287 g/mol. The van der Waals surface area contributed by atoms with Crippen molar-refractivity contribution in [1.82, 2.24) is 5.32 Å². The number of nitrogens with one attached hydrogen (secondary N) is 1. The summed E-state index contributed by atoms with van der Waals surface area (Å²) in [5.74, 6) is -0.899. The molecule has 1 saturated carbocycles. The minimum absolute atomic E-state index is 0.180. The van der Waals surface area contributed by atoms with Crippen LogP contribution in [-0.4, -0.2) is 24.0 Å². The number of esters is 1. The Labute approximate surface area is 122 Å². The van der Waals surface area contributed by atoms with Gasteiger partial charge in [0.05, 0.1) is 11.6 Å². The number of hydrogen-bond donors (Lipinski definition) is 2. The number of nitriles is 1. The molecule has 3 N–H and O–H groups in total. The fourth-order valence-electron chi connectivity index (χ4n) is 2.04. The van der Waals surface area contributed by atoms with Crippen LogP contribution in [0.15, 0.2) is 24.3 Å². The van der Waals surface area contributed by atoms with E-state index in [1.165, 1.54) is 12.1 Å². The Morgan fingerprint density at radius 1 is 1.43 bits per heavy atom. The Balaban J connectivity index is 1.85. The van der Waals surface area contributed by atoms with Crippen LogP contribution in [0.25, 0.3) is 0 Å². The van der Waals surface area contributed by atoms with Gasteiger partial charge in [-0.3, -0.25) is 4.79 Å². The van der Waals surface area contributed by atoms with Gasteiger partial charge in [-0.1, -0.05) is 0 Å². The number of carbonyl (C=O) groups excluding carboxylic acids is 2. The van der Waals surface area contributed by atoms with E-state index in [0.29, 0.717) is 11.3 Å². The van der Waals surface area contributed by atoms with Crippen LogP contribution in [-0.2, 0) is 9.53 Å². The summed E-state index contributed by atoms with van der Waals surface area (Å²) < 4.78 is 4.92. The topological polar surface area (TPSA) is 105 Å². The molecule has 0 aliphatic heterocycles. The molecule has 0 spiro atoms. The minimum Gasteiger partial charge on any atom is -0.452 e. The Morgan fingerprint density at radius 2 is 2.05 bits per heavy atom. The van der Waals surface area contributed by atoms with E-state index in [-0.39, 0.29) is 5.92 Å². The fraction of sp³-hybridized carbons (Fsp3) is 0.400. The maximum atomic E-state index is 11.8. The number of carbonyl (C=O) groups is 2. The van der Waals surface area contributed by atoms with Gasteiger partial charge in [-0.25, -0.2) is 4.79 Å². The van der Waals surface area contributed by atoms with Crippen molar-refractivity contribution in [3.8, 4) is 6.07 Å². The number of benzene rings is 1. The third-order valence-electron chi connectivity index (χ3n) is 3.51. The highest BCUT2D eigenvalue weighted by Gasteiger charge is 2.43. The molecule has 1 aromatic rings. The lowest BCUT2D eigenvalue weighted by Gasteiger charge is -2.22. The largest absolute Gasteiger partial charge is 0.452 e. The van der Waals surface area contributed by atoms with Crippen molar-refractivity contribution < 1.29 is 14.3 Å². The molecule has 110 valence electrons. The number of rotatable bonds is 5. The van der Waals surface area contributed by atoms with Crippen molar-refractivity contribution in [2.45, 2.75) is 25.3 Å². The Morgan fingerprint density at radius 3 is 2.57 bits per heavy atom. The molecule has 1 aromatic carbocycles. The standard InChI is InChI=1S/C15H17N3O3/c1-15(9-16,11-4-5-11)18-13(19)8-21-14(20)10-2-6-12(17)7-3-10/h2-3,6-7,11H,4-5,8,17H2,1H3,(H,18,19)/t15-/m0/s1.